The van der Waals surface area contributed by atoms with Gasteiger partial charge in [-0.05, 0) is 50.4 Å². The van der Waals surface area contributed by atoms with Gasteiger partial charge in [-0.3, -0.25) is 0 Å². The minimum absolute atomic E-state index is 0.809. The number of benzene rings is 1. The number of hydrogen-bond donors (Lipinski definition) is 0. The molecule has 2 heterocycles. The van der Waals surface area contributed by atoms with Gasteiger partial charge in [-0.15, -0.1) is 0 Å². The van der Waals surface area contributed by atoms with E-state index in [4.69, 9.17) is 4.74 Å². The van der Waals surface area contributed by atoms with Crippen molar-refractivity contribution < 1.29 is 4.74 Å². The molecule has 3 nitrogen and oxygen atoms in total. The smallest absolute Gasteiger partial charge is 0.0495 e. The van der Waals surface area contributed by atoms with Crippen LogP contribution in [0.3, 0.4) is 0 Å². The molecule has 0 bridgehead atoms. The van der Waals surface area contributed by atoms with E-state index in [1.807, 2.05) is 0 Å². The van der Waals surface area contributed by atoms with Gasteiger partial charge in [-0.25, -0.2) is 0 Å². The van der Waals surface area contributed by atoms with Crippen molar-refractivity contribution in [1.29, 1.82) is 0 Å². The Morgan fingerprint density at radius 2 is 1.95 bits per heavy atom. The normalized spacial score (nSPS) is 24.8. The summed E-state index contributed by atoms with van der Waals surface area (Å²) in [6, 6.07) is 10.8. The molecular weight excluding hydrogens is 248 g/mol. The summed E-state index contributed by atoms with van der Waals surface area (Å²) in [6.07, 6.45) is 3.85. The standard InChI is InChI=1S/C17H26N2O/c1-2-5-17(6-3-1)19-10-4-9-18(12-13-19)11-7-16-8-14-20-15-16/h1-3,5-6,16H,4,7-15H2. The fraction of sp³-hybridized carbons (Fsp3) is 0.647. The Balaban J connectivity index is 1.46. The number of nitrogens with zero attached hydrogens (tertiary/aromatic N) is 2. The van der Waals surface area contributed by atoms with E-state index in [-0.39, 0.29) is 0 Å². The van der Waals surface area contributed by atoms with Gasteiger partial charge in [0, 0.05) is 38.5 Å². The van der Waals surface area contributed by atoms with Crippen molar-refractivity contribution in [1.82, 2.24) is 4.90 Å². The number of anilines is 1. The summed E-state index contributed by atoms with van der Waals surface area (Å²) in [5.74, 6) is 0.809. The van der Waals surface area contributed by atoms with Crippen molar-refractivity contribution in [3.05, 3.63) is 30.3 Å². The third-order valence-electron chi connectivity index (χ3n) is 4.59. The van der Waals surface area contributed by atoms with Crippen molar-refractivity contribution in [2.45, 2.75) is 19.3 Å². The number of rotatable bonds is 4. The van der Waals surface area contributed by atoms with Crippen molar-refractivity contribution >= 4 is 5.69 Å². The van der Waals surface area contributed by atoms with Gasteiger partial charge in [0.25, 0.3) is 0 Å². The van der Waals surface area contributed by atoms with Crippen molar-refractivity contribution in [2.24, 2.45) is 5.92 Å². The predicted molar refractivity (Wildman–Crippen MR) is 83.3 cm³/mol. The van der Waals surface area contributed by atoms with E-state index in [1.54, 1.807) is 0 Å². The van der Waals surface area contributed by atoms with Crippen LogP contribution >= 0.6 is 0 Å². The van der Waals surface area contributed by atoms with E-state index in [0.29, 0.717) is 0 Å². The Bertz CT molecular complexity index is 389. The highest BCUT2D eigenvalue weighted by atomic mass is 16.5. The van der Waals surface area contributed by atoms with Gasteiger partial charge in [-0.1, -0.05) is 18.2 Å². The van der Waals surface area contributed by atoms with Gasteiger partial charge in [0.05, 0.1) is 0 Å². The summed E-state index contributed by atoms with van der Waals surface area (Å²) in [4.78, 5) is 5.17. The first kappa shape index (κ1) is 13.9. The zero-order chi connectivity index (χ0) is 13.6. The molecule has 1 aromatic rings. The Kier molecular flexibility index (Phi) is 4.93. The third kappa shape index (κ3) is 3.74. The van der Waals surface area contributed by atoms with Gasteiger partial charge < -0.3 is 14.5 Å². The first-order valence-electron chi connectivity index (χ1n) is 8.02. The van der Waals surface area contributed by atoms with E-state index < -0.39 is 0 Å². The zero-order valence-electron chi connectivity index (χ0n) is 12.3. The predicted octanol–water partition coefficient (Wildman–Crippen LogP) is 2.63. The molecule has 0 aromatic heterocycles. The number of hydrogen-bond acceptors (Lipinski definition) is 3. The van der Waals surface area contributed by atoms with Crippen LogP contribution in [0.15, 0.2) is 30.3 Å². The molecule has 3 heteroatoms. The average Bonchev–Trinajstić information content (AvgIpc) is 2.90. The molecule has 3 rings (SSSR count). The summed E-state index contributed by atoms with van der Waals surface area (Å²) in [5.41, 5.74) is 1.37. The van der Waals surface area contributed by atoms with E-state index in [2.05, 4.69) is 40.1 Å². The summed E-state index contributed by atoms with van der Waals surface area (Å²) in [5, 5.41) is 0. The second-order valence-corrected chi connectivity index (χ2v) is 6.04. The topological polar surface area (TPSA) is 15.7 Å². The van der Waals surface area contributed by atoms with E-state index in [1.165, 1.54) is 51.1 Å². The van der Waals surface area contributed by atoms with Gasteiger partial charge in [0.15, 0.2) is 0 Å². The lowest BCUT2D eigenvalue weighted by molar-refractivity contribution is 0.178. The molecule has 2 fully saturated rings. The Hall–Kier alpha value is -1.06. The van der Waals surface area contributed by atoms with Crippen LogP contribution in [0.25, 0.3) is 0 Å². The van der Waals surface area contributed by atoms with Gasteiger partial charge in [0.2, 0.25) is 0 Å². The van der Waals surface area contributed by atoms with Gasteiger partial charge in [-0.2, -0.15) is 0 Å². The lowest BCUT2D eigenvalue weighted by Gasteiger charge is -2.24. The average molecular weight is 274 g/mol. The maximum absolute atomic E-state index is 5.47. The van der Waals surface area contributed by atoms with Crippen LogP contribution in [-0.2, 0) is 4.74 Å². The quantitative estimate of drug-likeness (QED) is 0.839. The van der Waals surface area contributed by atoms with Crippen molar-refractivity contribution in [3.63, 3.8) is 0 Å². The highest BCUT2D eigenvalue weighted by Crippen LogP contribution is 2.19. The lowest BCUT2D eigenvalue weighted by atomic mass is 10.1. The van der Waals surface area contributed by atoms with Crippen LogP contribution in [0.4, 0.5) is 5.69 Å². The second-order valence-electron chi connectivity index (χ2n) is 6.04. The SMILES string of the molecule is c1ccc(N2CCCN(CCC3CCOC3)CC2)cc1. The number of para-hydroxylation sites is 1. The second kappa shape index (κ2) is 7.09. The van der Waals surface area contributed by atoms with Crippen LogP contribution in [0.2, 0.25) is 0 Å². The van der Waals surface area contributed by atoms with Crippen LogP contribution in [0.5, 0.6) is 0 Å². The van der Waals surface area contributed by atoms with Crippen molar-refractivity contribution in [2.75, 3.05) is 50.8 Å². The third-order valence-corrected chi connectivity index (χ3v) is 4.59. The molecule has 0 radical (unpaired) electrons. The van der Waals surface area contributed by atoms with E-state index in [9.17, 15) is 0 Å². The molecule has 1 unspecified atom stereocenters. The fourth-order valence-electron chi connectivity index (χ4n) is 3.27. The molecule has 110 valence electrons. The minimum atomic E-state index is 0.809. The van der Waals surface area contributed by atoms with Crippen LogP contribution in [-0.4, -0.2) is 50.8 Å². The minimum Gasteiger partial charge on any atom is -0.381 e. The van der Waals surface area contributed by atoms with Crippen LogP contribution in [0.1, 0.15) is 19.3 Å². The number of ether oxygens (including phenoxy) is 1. The molecule has 2 saturated heterocycles. The Morgan fingerprint density at radius 3 is 2.75 bits per heavy atom. The first-order chi connectivity index (χ1) is 9.92. The maximum atomic E-state index is 5.47. The highest BCUT2D eigenvalue weighted by Gasteiger charge is 2.19. The molecule has 1 aromatic carbocycles. The molecule has 20 heavy (non-hydrogen) atoms. The summed E-state index contributed by atoms with van der Waals surface area (Å²) >= 11 is 0. The Morgan fingerprint density at radius 1 is 1.05 bits per heavy atom. The lowest BCUT2D eigenvalue weighted by Crippen LogP contribution is -2.32. The maximum Gasteiger partial charge on any atom is 0.0495 e. The molecule has 0 saturated carbocycles. The molecule has 0 N–H and O–H groups in total. The van der Waals surface area contributed by atoms with Gasteiger partial charge >= 0.3 is 0 Å². The zero-order valence-corrected chi connectivity index (χ0v) is 12.3. The van der Waals surface area contributed by atoms with Gasteiger partial charge in [0.1, 0.15) is 0 Å². The van der Waals surface area contributed by atoms with Crippen LogP contribution < -0.4 is 4.90 Å². The monoisotopic (exact) mass is 274 g/mol. The summed E-state index contributed by atoms with van der Waals surface area (Å²) in [6.45, 7) is 8.00. The fourth-order valence-corrected chi connectivity index (χ4v) is 3.27. The summed E-state index contributed by atoms with van der Waals surface area (Å²) < 4.78 is 5.47. The Labute approximate surface area is 122 Å². The van der Waals surface area contributed by atoms with E-state index in [0.717, 1.165) is 25.7 Å². The molecule has 2 aliphatic heterocycles. The largest absolute Gasteiger partial charge is 0.381 e. The molecule has 1 atom stereocenters. The molecule has 0 amide bonds. The molecular formula is C17H26N2O. The highest BCUT2D eigenvalue weighted by molar-refractivity contribution is 5.46. The van der Waals surface area contributed by atoms with Crippen molar-refractivity contribution in [3.8, 4) is 0 Å². The van der Waals surface area contributed by atoms with E-state index >= 15 is 0 Å². The first-order valence-corrected chi connectivity index (χ1v) is 8.02. The summed E-state index contributed by atoms with van der Waals surface area (Å²) in [7, 11) is 0. The molecule has 2 aliphatic rings. The molecule has 0 aliphatic carbocycles. The molecule has 0 spiro atoms. The van der Waals surface area contributed by atoms with Crippen LogP contribution in [0, 0.1) is 5.92 Å².